The predicted molar refractivity (Wildman–Crippen MR) is 70.3 cm³/mol. The van der Waals surface area contributed by atoms with Crippen LogP contribution in [0.15, 0.2) is 18.2 Å². The van der Waals surface area contributed by atoms with E-state index in [0.29, 0.717) is 10.7 Å². The Morgan fingerprint density at radius 2 is 2.00 bits per heavy atom. The number of urea groups is 1. The predicted octanol–water partition coefficient (Wildman–Crippen LogP) is 2.93. The highest BCUT2D eigenvalue weighted by molar-refractivity contribution is 6.43. The third-order valence-corrected chi connectivity index (χ3v) is 3.27. The van der Waals surface area contributed by atoms with E-state index in [0.717, 1.165) is 4.90 Å². The van der Waals surface area contributed by atoms with Crippen LogP contribution >= 0.6 is 23.2 Å². The zero-order valence-corrected chi connectivity index (χ0v) is 11.3. The Hall–Kier alpha value is -1.46. The van der Waals surface area contributed by atoms with Gasteiger partial charge in [0.25, 0.3) is 0 Å². The number of carbonyl (C=O) groups excluding carboxylic acids is 1. The maximum absolute atomic E-state index is 11.8. The number of amides is 2. The number of nitrogens with zero attached hydrogens (tertiary/aromatic N) is 1. The second-order valence-electron chi connectivity index (χ2n) is 3.66. The number of hydrogen-bond acceptors (Lipinski definition) is 2. The second kappa shape index (κ2) is 5.93. The van der Waals surface area contributed by atoms with Crippen LogP contribution in [0.25, 0.3) is 0 Å². The molecule has 0 heterocycles. The highest BCUT2D eigenvalue weighted by atomic mass is 35.5. The number of rotatable bonds is 3. The molecule has 0 saturated carbocycles. The molecular formula is C11H12Cl2N2O3. The molecule has 0 saturated heterocycles. The molecule has 1 aromatic rings. The molecule has 1 aromatic carbocycles. The average molecular weight is 291 g/mol. The van der Waals surface area contributed by atoms with Crippen LogP contribution in [0.2, 0.25) is 10.0 Å². The maximum atomic E-state index is 11.8. The van der Waals surface area contributed by atoms with Gasteiger partial charge in [0.15, 0.2) is 0 Å². The van der Waals surface area contributed by atoms with Gasteiger partial charge >= 0.3 is 12.0 Å². The molecule has 0 radical (unpaired) electrons. The number of likely N-dealkylation sites (N-methyl/N-ethyl adjacent to an activating group) is 1. The van der Waals surface area contributed by atoms with Crippen molar-refractivity contribution in [1.29, 1.82) is 0 Å². The summed E-state index contributed by atoms with van der Waals surface area (Å²) in [5.74, 6) is -1.09. The summed E-state index contributed by atoms with van der Waals surface area (Å²) < 4.78 is 0. The molecule has 1 rings (SSSR count). The number of benzene rings is 1. The fourth-order valence-electron chi connectivity index (χ4n) is 1.15. The Balaban J connectivity index is 2.82. The van der Waals surface area contributed by atoms with E-state index < -0.39 is 18.0 Å². The molecular weight excluding hydrogens is 279 g/mol. The quantitative estimate of drug-likeness (QED) is 0.899. The van der Waals surface area contributed by atoms with Crippen LogP contribution in [-0.4, -0.2) is 35.1 Å². The van der Waals surface area contributed by atoms with Gasteiger partial charge in [-0.25, -0.2) is 9.59 Å². The van der Waals surface area contributed by atoms with Crippen molar-refractivity contribution in [3.8, 4) is 0 Å². The van der Waals surface area contributed by atoms with E-state index >= 15 is 0 Å². The van der Waals surface area contributed by atoms with Crippen molar-refractivity contribution in [3.05, 3.63) is 28.2 Å². The van der Waals surface area contributed by atoms with Crippen LogP contribution in [0.3, 0.4) is 0 Å². The summed E-state index contributed by atoms with van der Waals surface area (Å²) in [5, 5.41) is 11.8. The summed E-state index contributed by atoms with van der Waals surface area (Å²) in [7, 11) is 1.38. The van der Waals surface area contributed by atoms with Crippen molar-refractivity contribution in [2.45, 2.75) is 13.0 Å². The van der Waals surface area contributed by atoms with E-state index in [1.54, 1.807) is 18.2 Å². The molecule has 0 aromatic heterocycles. The molecule has 18 heavy (non-hydrogen) atoms. The van der Waals surface area contributed by atoms with Gasteiger partial charge in [0.05, 0.1) is 15.7 Å². The van der Waals surface area contributed by atoms with Crippen LogP contribution in [0.5, 0.6) is 0 Å². The van der Waals surface area contributed by atoms with Crippen LogP contribution in [0, 0.1) is 0 Å². The molecule has 2 N–H and O–H groups in total. The van der Waals surface area contributed by atoms with Gasteiger partial charge in [-0.1, -0.05) is 29.3 Å². The first-order valence-electron chi connectivity index (χ1n) is 5.05. The number of hydrogen-bond donors (Lipinski definition) is 2. The molecule has 0 aliphatic carbocycles. The number of halogens is 2. The van der Waals surface area contributed by atoms with Crippen molar-refractivity contribution in [2.24, 2.45) is 0 Å². The van der Waals surface area contributed by atoms with Crippen molar-refractivity contribution < 1.29 is 14.7 Å². The van der Waals surface area contributed by atoms with Crippen LogP contribution < -0.4 is 5.32 Å². The Bertz CT molecular complexity index is 479. The van der Waals surface area contributed by atoms with Crippen LogP contribution in [0.1, 0.15) is 6.92 Å². The standard InChI is InChI=1S/C11H12Cl2N2O3/c1-6(10(16)17)15(2)11(18)14-8-5-3-4-7(12)9(8)13/h3-6H,1-2H3,(H,14,18)(H,16,17). The summed E-state index contributed by atoms with van der Waals surface area (Å²) in [6, 6.07) is 3.27. The SMILES string of the molecule is CC(C(=O)O)N(C)C(=O)Nc1cccc(Cl)c1Cl. The first-order chi connectivity index (χ1) is 8.34. The zero-order valence-electron chi connectivity index (χ0n) is 9.78. The number of carboxylic acids is 1. The van der Waals surface area contributed by atoms with Gasteiger partial charge in [-0.2, -0.15) is 0 Å². The number of carboxylic acid groups (broad SMARTS) is 1. The van der Waals surface area contributed by atoms with Crippen molar-refractivity contribution in [3.63, 3.8) is 0 Å². The Morgan fingerprint density at radius 1 is 1.39 bits per heavy atom. The number of nitrogens with one attached hydrogen (secondary N) is 1. The summed E-state index contributed by atoms with van der Waals surface area (Å²) in [6.07, 6.45) is 0. The topological polar surface area (TPSA) is 69.6 Å². The lowest BCUT2D eigenvalue weighted by atomic mass is 10.3. The van der Waals surface area contributed by atoms with E-state index in [4.69, 9.17) is 28.3 Å². The highest BCUT2D eigenvalue weighted by Crippen LogP contribution is 2.29. The van der Waals surface area contributed by atoms with Crippen molar-refractivity contribution in [2.75, 3.05) is 12.4 Å². The number of aliphatic carboxylic acids is 1. The normalized spacial score (nSPS) is 11.8. The minimum Gasteiger partial charge on any atom is -0.480 e. The second-order valence-corrected chi connectivity index (χ2v) is 4.44. The molecule has 0 fully saturated rings. The van der Waals surface area contributed by atoms with E-state index in [-0.39, 0.29) is 5.02 Å². The average Bonchev–Trinajstić information content (AvgIpc) is 2.32. The molecule has 0 aliphatic heterocycles. The lowest BCUT2D eigenvalue weighted by molar-refractivity contribution is -0.141. The molecule has 5 nitrogen and oxygen atoms in total. The van der Waals surface area contributed by atoms with E-state index in [2.05, 4.69) is 5.32 Å². The summed E-state index contributed by atoms with van der Waals surface area (Å²) >= 11 is 11.7. The summed E-state index contributed by atoms with van der Waals surface area (Å²) in [4.78, 5) is 23.6. The molecule has 98 valence electrons. The molecule has 7 heteroatoms. The van der Waals surface area contributed by atoms with Gasteiger partial charge in [-0.05, 0) is 19.1 Å². The third kappa shape index (κ3) is 3.27. The van der Waals surface area contributed by atoms with Crippen molar-refractivity contribution in [1.82, 2.24) is 4.90 Å². The van der Waals surface area contributed by atoms with Crippen LogP contribution in [0.4, 0.5) is 10.5 Å². The Labute approximate surface area is 114 Å². The monoisotopic (exact) mass is 290 g/mol. The summed E-state index contributed by atoms with van der Waals surface area (Å²) in [5.41, 5.74) is 0.332. The summed E-state index contributed by atoms with van der Waals surface area (Å²) in [6.45, 7) is 1.40. The minimum atomic E-state index is -1.09. The van der Waals surface area contributed by atoms with Gasteiger partial charge in [0.2, 0.25) is 0 Å². The molecule has 0 aliphatic rings. The van der Waals surface area contributed by atoms with Gasteiger partial charge in [0, 0.05) is 7.05 Å². The molecule has 0 bridgehead atoms. The van der Waals surface area contributed by atoms with Crippen LogP contribution in [-0.2, 0) is 4.79 Å². The van der Waals surface area contributed by atoms with E-state index in [1.807, 2.05) is 0 Å². The van der Waals surface area contributed by atoms with E-state index in [9.17, 15) is 9.59 Å². The minimum absolute atomic E-state index is 0.212. The number of anilines is 1. The molecule has 1 atom stereocenters. The fourth-order valence-corrected chi connectivity index (χ4v) is 1.49. The zero-order chi connectivity index (χ0) is 13.9. The van der Waals surface area contributed by atoms with Gasteiger partial charge in [0.1, 0.15) is 6.04 Å². The fraction of sp³-hybridized carbons (Fsp3) is 0.273. The van der Waals surface area contributed by atoms with E-state index in [1.165, 1.54) is 14.0 Å². The highest BCUT2D eigenvalue weighted by Gasteiger charge is 2.22. The Morgan fingerprint density at radius 3 is 2.56 bits per heavy atom. The molecule has 1 unspecified atom stereocenters. The maximum Gasteiger partial charge on any atom is 0.326 e. The van der Waals surface area contributed by atoms with Gasteiger partial charge in [-0.3, -0.25) is 0 Å². The lowest BCUT2D eigenvalue weighted by Gasteiger charge is -2.22. The van der Waals surface area contributed by atoms with Gasteiger partial charge in [-0.15, -0.1) is 0 Å². The third-order valence-electron chi connectivity index (χ3n) is 2.45. The smallest absolute Gasteiger partial charge is 0.326 e. The molecule has 2 amide bonds. The lowest BCUT2D eigenvalue weighted by Crippen LogP contribution is -2.42. The Kier molecular flexibility index (Phi) is 4.81. The first kappa shape index (κ1) is 14.6. The van der Waals surface area contributed by atoms with Crippen molar-refractivity contribution >= 4 is 40.9 Å². The number of carbonyl (C=O) groups is 2. The van der Waals surface area contributed by atoms with Gasteiger partial charge < -0.3 is 15.3 Å². The first-order valence-corrected chi connectivity index (χ1v) is 5.80. The molecule has 0 spiro atoms. The largest absolute Gasteiger partial charge is 0.480 e.